The SMILES string of the molecule is COc1ccccc1N1CC(c2noc(-c3cccc(F)c3)n2)CC1=O. The number of rotatable bonds is 4. The fourth-order valence-corrected chi connectivity index (χ4v) is 3.11. The molecule has 7 heteroatoms. The lowest BCUT2D eigenvalue weighted by Crippen LogP contribution is -2.24. The van der Waals surface area contributed by atoms with Gasteiger partial charge in [0.15, 0.2) is 5.82 Å². The lowest BCUT2D eigenvalue weighted by Gasteiger charge is -2.18. The topological polar surface area (TPSA) is 68.5 Å². The number of benzene rings is 2. The Morgan fingerprint density at radius 2 is 2.08 bits per heavy atom. The van der Waals surface area contributed by atoms with E-state index in [0.29, 0.717) is 23.7 Å². The summed E-state index contributed by atoms with van der Waals surface area (Å²) in [5.74, 6) is 0.712. The second-order valence-corrected chi connectivity index (χ2v) is 6.05. The van der Waals surface area contributed by atoms with Crippen molar-refractivity contribution in [3.05, 3.63) is 60.2 Å². The van der Waals surface area contributed by atoms with Crippen molar-refractivity contribution in [3.63, 3.8) is 0 Å². The van der Waals surface area contributed by atoms with Gasteiger partial charge in [-0.15, -0.1) is 0 Å². The van der Waals surface area contributed by atoms with Gasteiger partial charge in [0.2, 0.25) is 5.91 Å². The Morgan fingerprint density at radius 1 is 1.23 bits per heavy atom. The van der Waals surface area contributed by atoms with Gasteiger partial charge in [0, 0.05) is 24.4 Å². The number of nitrogens with zero attached hydrogens (tertiary/aromatic N) is 3. The first kappa shape index (κ1) is 16.3. The van der Waals surface area contributed by atoms with Crippen molar-refractivity contribution in [3.8, 4) is 17.2 Å². The summed E-state index contributed by atoms with van der Waals surface area (Å²) < 4.78 is 24.0. The van der Waals surface area contributed by atoms with E-state index < -0.39 is 0 Å². The van der Waals surface area contributed by atoms with Crippen LogP contribution in [0.3, 0.4) is 0 Å². The van der Waals surface area contributed by atoms with E-state index in [1.165, 1.54) is 12.1 Å². The third-order valence-electron chi connectivity index (χ3n) is 4.38. The molecule has 0 saturated carbocycles. The van der Waals surface area contributed by atoms with Crippen LogP contribution in [0, 0.1) is 5.82 Å². The van der Waals surface area contributed by atoms with E-state index in [0.717, 1.165) is 5.69 Å². The molecular formula is C19H16FN3O3. The van der Waals surface area contributed by atoms with Crippen molar-refractivity contribution in [1.82, 2.24) is 10.1 Å². The summed E-state index contributed by atoms with van der Waals surface area (Å²) in [6.45, 7) is 0.432. The van der Waals surface area contributed by atoms with Crippen molar-refractivity contribution in [2.45, 2.75) is 12.3 Å². The molecule has 1 aromatic heterocycles. The Bertz CT molecular complexity index is 956. The molecule has 0 N–H and O–H groups in total. The number of amides is 1. The number of hydrogen-bond acceptors (Lipinski definition) is 5. The third kappa shape index (κ3) is 2.92. The van der Waals surface area contributed by atoms with Crippen LogP contribution in [0.2, 0.25) is 0 Å². The molecule has 6 nitrogen and oxygen atoms in total. The van der Waals surface area contributed by atoms with Gasteiger partial charge in [0.25, 0.3) is 5.89 Å². The highest BCUT2D eigenvalue weighted by molar-refractivity contribution is 5.97. The number of hydrogen-bond donors (Lipinski definition) is 0. The van der Waals surface area contributed by atoms with Gasteiger partial charge in [-0.05, 0) is 30.3 Å². The molecule has 1 aliphatic rings. The van der Waals surface area contributed by atoms with Gasteiger partial charge < -0.3 is 14.2 Å². The Balaban J connectivity index is 1.58. The van der Waals surface area contributed by atoms with Gasteiger partial charge in [-0.1, -0.05) is 23.4 Å². The first-order valence-electron chi connectivity index (χ1n) is 8.18. The number of carbonyl (C=O) groups excluding carboxylic acids is 1. The summed E-state index contributed by atoms with van der Waals surface area (Å²) >= 11 is 0. The molecule has 26 heavy (non-hydrogen) atoms. The van der Waals surface area contributed by atoms with Crippen LogP contribution in [0.15, 0.2) is 53.1 Å². The van der Waals surface area contributed by atoms with Gasteiger partial charge >= 0.3 is 0 Å². The Morgan fingerprint density at radius 3 is 2.88 bits per heavy atom. The molecule has 4 rings (SSSR count). The van der Waals surface area contributed by atoms with Gasteiger partial charge in [-0.3, -0.25) is 4.79 Å². The van der Waals surface area contributed by atoms with E-state index in [4.69, 9.17) is 9.26 Å². The van der Waals surface area contributed by atoms with E-state index in [1.807, 2.05) is 24.3 Å². The molecule has 0 aliphatic carbocycles. The molecule has 1 fully saturated rings. The first-order chi connectivity index (χ1) is 12.7. The van der Waals surface area contributed by atoms with Gasteiger partial charge in [-0.2, -0.15) is 4.98 Å². The number of aromatic nitrogens is 2. The van der Waals surface area contributed by atoms with Crippen LogP contribution < -0.4 is 9.64 Å². The largest absolute Gasteiger partial charge is 0.495 e. The molecule has 1 saturated heterocycles. The van der Waals surface area contributed by atoms with Crippen LogP contribution in [-0.4, -0.2) is 29.7 Å². The standard InChI is InChI=1S/C19H16FN3O3/c1-25-16-8-3-2-7-15(16)23-11-13(10-17(23)24)18-21-19(26-22-18)12-5-4-6-14(20)9-12/h2-9,13H,10-11H2,1H3. The molecule has 0 bridgehead atoms. The second-order valence-electron chi connectivity index (χ2n) is 6.05. The molecule has 2 heterocycles. The number of para-hydroxylation sites is 2. The highest BCUT2D eigenvalue weighted by atomic mass is 19.1. The minimum Gasteiger partial charge on any atom is -0.495 e. The molecule has 1 unspecified atom stereocenters. The van der Waals surface area contributed by atoms with Crippen molar-refractivity contribution in [2.24, 2.45) is 0 Å². The number of halogens is 1. The fourth-order valence-electron chi connectivity index (χ4n) is 3.11. The molecule has 132 valence electrons. The predicted molar refractivity (Wildman–Crippen MR) is 92.4 cm³/mol. The minimum atomic E-state index is -0.374. The maximum atomic E-state index is 13.4. The summed E-state index contributed by atoms with van der Waals surface area (Å²) in [6, 6.07) is 13.3. The molecule has 0 spiro atoms. The maximum absolute atomic E-state index is 13.4. The summed E-state index contributed by atoms with van der Waals surface area (Å²) in [4.78, 5) is 18.5. The van der Waals surface area contributed by atoms with Crippen LogP contribution in [0.4, 0.5) is 10.1 Å². The molecule has 0 radical (unpaired) electrons. The van der Waals surface area contributed by atoms with E-state index in [-0.39, 0.29) is 30.0 Å². The van der Waals surface area contributed by atoms with Crippen LogP contribution in [-0.2, 0) is 4.79 Å². The molecule has 1 atom stereocenters. The molecular weight excluding hydrogens is 337 g/mol. The average molecular weight is 353 g/mol. The summed E-state index contributed by atoms with van der Waals surface area (Å²) in [6.07, 6.45) is 0.278. The van der Waals surface area contributed by atoms with Gasteiger partial charge in [0.05, 0.1) is 12.8 Å². The lowest BCUT2D eigenvalue weighted by atomic mass is 10.1. The molecule has 1 amide bonds. The quantitative estimate of drug-likeness (QED) is 0.719. The van der Waals surface area contributed by atoms with Crippen LogP contribution in [0.25, 0.3) is 11.5 Å². The molecule has 3 aromatic rings. The number of methoxy groups -OCH3 is 1. The number of anilines is 1. The Kier molecular flexibility index (Phi) is 4.12. The second kappa shape index (κ2) is 6.59. The monoisotopic (exact) mass is 353 g/mol. The summed E-state index contributed by atoms with van der Waals surface area (Å²) in [5, 5.41) is 3.99. The van der Waals surface area contributed by atoms with Crippen LogP contribution in [0.1, 0.15) is 18.2 Å². The number of carbonyl (C=O) groups is 1. The van der Waals surface area contributed by atoms with Crippen molar-refractivity contribution in [2.75, 3.05) is 18.6 Å². The van der Waals surface area contributed by atoms with Crippen LogP contribution in [0.5, 0.6) is 5.75 Å². The fraction of sp³-hybridized carbons (Fsp3) is 0.211. The zero-order chi connectivity index (χ0) is 18.1. The Labute approximate surface area is 149 Å². The highest BCUT2D eigenvalue weighted by Gasteiger charge is 2.35. The summed E-state index contributed by atoms with van der Waals surface area (Å²) in [5.41, 5.74) is 1.23. The van der Waals surface area contributed by atoms with Crippen molar-refractivity contribution < 1.29 is 18.4 Å². The van der Waals surface area contributed by atoms with Crippen LogP contribution >= 0.6 is 0 Å². The zero-order valence-corrected chi connectivity index (χ0v) is 14.1. The van der Waals surface area contributed by atoms with Crippen molar-refractivity contribution >= 4 is 11.6 Å². The average Bonchev–Trinajstić information content (AvgIpc) is 3.28. The zero-order valence-electron chi connectivity index (χ0n) is 14.1. The third-order valence-corrected chi connectivity index (χ3v) is 4.38. The van der Waals surface area contributed by atoms with E-state index in [9.17, 15) is 9.18 Å². The first-order valence-corrected chi connectivity index (χ1v) is 8.18. The van der Waals surface area contributed by atoms with Gasteiger partial charge in [0.1, 0.15) is 11.6 Å². The maximum Gasteiger partial charge on any atom is 0.258 e. The minimum absolute atomic E-state index is 0.0309. The Hall–Kier alpha value is -3.22. The van der Waals surface area contributed by atoms with E-state index >= 15 is 0 Å². The molecule has 1 aliphatic heterocycles. The highest BCUT2D eigenvalue weighted by Crippen LogP contribution is 2.36. The number of ether oxygens (including phenoxy) is 1. The van der Waals surface area contributed by atoms with Crippen molar-refractivity contribution in [1.29, 1.82) is 0 Å². The lowest BCUT2D eigenvalue weighted by molar-refractivity contribution is -0.117. The summed E-state index contributed by atoms with van der Waals surface area (Å²) in [7, 11) is 1.57. The van der Waals surface area contributed by atoms with E-state index in [2.05, 4.69) is 10.1 Å². The van der Waals surface area contributed by atoms with E-state index in [1.54, 1.807) is 24.1 Å². The smallest absolute Gasteiger partial charge is 0.258 e. The normalized spacial score (nSPS) is 16.9. The predicted octanol–water partition coefficient (Wildman–Crippen LogP) is 3.40. The van der Waals surface area contributed by atoms with Gasteiger partial charge in [-0.25, -0.2) is 4.39 Å². The molecule has 2 aromatic carbocycles.